The van der Waals surface area contributed by atoms with Crippen molar-refractivity contribution >= 4 is 5.97 Å². The number of ether oxygens (including phenoxy) is 1. The van der Waals surface area contributed by atoms with Gasteiger partial charge in [0.25, 0.3) is 0 Å². The Hall–Kier alpha value is -0.610. The van der Waals surface area contributed by atoms with Crippen molar-refractivity contribution in [3.8, 4) is 0 Å². The maximum atomic E-state index is 11.7. The summed E-state index contributed by atoms with van der Waals surface area (Å²) in [7, 11) is 1.48. The third-order valence-electron chi connectivity index (χ3n) is 3.78. The monoisotopic (exact) mass is 254 g/mol. The molecule has 2 fully saturated rings. The summed E-state index contributed by atoms with van der Waals surface area (Å²) in [5, 5.41) is 3.40. The molecule has 0 aromatic heterocycles. The van der Waals surface area contributed by atoms with E-state index in [1.54, 1.807) is 0 Å². The van der Waals surface area contributed by atoms with E-state index < -0.39 is 0 Å². The van der Waals surface area contributed by atoms with Crippen molar-refractivity contribution < 1.29 is 9.53 Å². The largest absolute Gasteiger partial charge is 0.468 e. The van der Waals surface area contributed by atoms with E-state index in [-0.39, 0.29) is 12.0 Å². The Morgan fingerprint density at radius 2 is 2.06 bits per heavy atom. The molecule has 0 radical (unpaired) electrons. The molecule has 2 aliphatic rings. The second-order valence-electron chi connectivity index (χ2n) is 5.57. The summed E-state index contributed by atoms with van der Waals surface area (Å²) < 4.78 is 4.89. The maximum absolute atomic E-state index is 11.7. The second kappa shape index (κ2) is 6.53. The first-order valence-electron chi connectivity index (χ1n) is 7.32. The maximum Gasteiger partial charge on any atom is 0.322 e. The summed E-state index contributed by atoms with van der Waals surface area (Å²) >= 11 is 0. The Kier molecular flexibility index (Phi) is 5.01. The van der Waals surface area contributed by atoms with Crippen LogP contribution in [-0.4, -0.2) is 49.2 Å². The molecule has 0 aromatic rings. The normalized spacial score (nSPS) is 21.1. The van der Waals surface area contributed by atoms with Gasteiger partial charge in [0, 0.05) is 18.6 Å². The number of esters is 1. The van der Waals surface area contributed by atoms with Gasteiger partial charge in [-0.25, -0.2) is 0 Å². The fraction of sp³-hybridized carbons (Fsp3) is 0.929. The standard InChI is InChI=1S/C14H26N2O2/c1-3-9-16(12-6-7-12)10-8-13(14(17)18-2)15-11-4-5-11/h11-13,15H,3-10H2,1-2H3. The fourth-order valence-corrected chi connectivity index (χ4v) is 2.44. The molecular formula is C14H26N2O2. The molecule has 2 rings (SSSR count). The highest BCUT2D eigenvalue weighted by molar-refractivity contribution is 5.75. The predicted molar refractivity (Wildman–Crippen MR) is 71.5 cm³/mol. The van der Waals surface area contributed by atoms with E-state index >= 15 is 0 Å². The van der Waals surface area contributed by atoms with Crippen LogP contribution in [0.25, 0.3) is 0 Å². The Bertz CT molecular complexity index is 275. The zero-order valence-electron chi connectivity index (χ0n) is 11.7. The summed E-state index contributed by atoms with van der Waals surface area (Å²) in [6.07, 6.45) is 7.14. The minimum Gasteiger partial charge on any atom is -0.468 e. The fourth-order valence-electron chi connectivity index (χ4n) is 2.44. The van der Waals surface area contributed by atoms with Gasteiger partial charge in [-0.2, -0.15) is 0 Å². The highest BCUT2D eigenvalue weighted by Gasteiger charge is 2.32. The molecule has 0 saturated heterocycles. The Morgan fingerprint density at radius 3 is 2.56 bits per heavy atom. The van der Waals surface area contributed by atoms with E-state index in [9.17, 15) is 4.79 Å². The van der Waals surface area contributed by atoms with Gasteiger partial charge in [-0.15, -0.1) is 0 Å². The summed E-state index contributed by atoms with van der Waals surface area (Å²) in [4.78, 5) is 14.3. The number of hydrogen-bond donors (Lipinski definition) is 1. The third-order valence-corrected chi connectivity index (χ3v) is 3.78. The lowest BCUT2D eigenvalue weighted by Gasteiger charge is -2.24. The quantitative estimate of drug-likeness (QED) is 0.634. The molecule has 104 valence electrons. The number of carbonyl (C=O) groups excluding carboxylic acids is 1. The molecule has 1 atom stereocenters. The molecule has 2 aliphatic carbocycles. The molecule has 4 heteroatoms. The van der Waals surface area contributed by atoms with Gasteiger partial charge in [-0.05, 0) is 45.1 Å². The van der Waals surface area contributed by atoms with Crippen molar-refractivity contribution in [2.45, 2.75) is 63.6 Å². The number of hydrogen-bond acceptors (Lipinski definition) is 4. The van der Waals surface area contributed by atoms with Crippen LogP contribution in [0.15, 0.2) is 0 Å². The first-order valence-corrected chi connectivity index (χ1v) is 7.32. The van der Waals surface area contributed by atoms with Crippen molar-refractivity contribution in [2.24, 2.45) is 0 Å². The summed E-state index contributed by atoms with van der Waals surface area (Å²) in [5.74, 6) is -0.103. The molecule has 1 N–H and O–H groups in total. The van der Waals surface area contributed by atoms with Crippen molar-refractivity contribution in [1.29, 1.82) is 0 Å². The van der Waals surface area contributed by atoms with Gasteiger partial charge in [0.15, 0.2) is 0 Å². The Morgan fingerprint density at radius 1 is 1.33 bits per heavy atom. The van der Waals surface area contributed by atoms with Gasteiger partial charge in [0.05, 0.1) is 7.11 Å². The molecular weight excluding hydrogens is 228 g/mol. The minimum atomic E-state index is -0.111. The average Bonchev–Trinajstić information content (AvgIpc) is 3.24. The minimum absolute atomic E-state index is 0.103. The highest BCUT2D eigenvalue weighted by Crippen LogP contribution is 2.27. The van der Waals surface area contributed by atoms with Crippen LogP contribution in [-0.2, 0) is 9.53 Å². The summed E-state index contributed by atoms with van der Waals surface area (Å²) in [5.41, 5.74) is 0. The first kappa shape index (κ1) is 13.8. The molecule has 2 saturated carbocycles. The molecule has 4 nitrogen and oxygen atoms in total. The number of nitrogens with zero attached hydrogens (tertiary/aromatic N) is 1. The zero-order valence-corrected chi connectivity index (χ0v) is 11.7. The van der Waals surface area contributed by atoms with Crippen LogP contribution in [0.1, 0.15) is 45.4 Å². The molecule has 0 aromatic carbocycles. The van der Waals surface area contributed by atoms with E-state index in [0.717, 1.165) is 25.6 Å². The topological polar surface area (TPSA) is 41.6 Å². The lowest BCUT2D eigenvalue weighted by atomic mass is 10.2. The zero-order chi connectivity index (χ0) is 13.0. The summed E-state index contributed by atoms with van der Waals surface area (Å²) in [6.45, 7) is 4.38. The Labute approximate surface area is 110 Å². The van der Waals surface area contributed by atoms with Crippen molar-refractivity contribution in [3.05, 3.63) is 0 Å². The van der Waals surface area contributed by atoms with Crippen LogP contribution in [0.3, 0.4) is 0 Å². The second-order valence-corrected chi connectivity index (χ2v) is 5.57. The third kappa shape index (κ3) is 4.25. The van der Waals surface area contributed by atoms with Gasteiger partial charge in [0.1, 0.15) is 6.04 Å². The van der Waals surface area contributed by atoms with E-state index in [2.05, 4.69) is 17.1 Å². The first-order chi connectivity index (χ1) is 8.74. The van der Waals surface area contributed by atoms with Gasteiger partial charge in [-0.3, -0.25) is 4.79 Å². The number of nitrogens with one attached hydrogen (secondary N) is 1. The molecule has 0 bridgehead atoms. The molecule has 1 unspecified atom stereocenters. The van der Waals surface area contributed by atoms with E-state index in [0.29, 0.717) is 6.04 Å². The van der Waals surface area contributed by atoms with Gasteiger partial charge < -0.3 is 15.0 Å². The van der Waals surface area contributed by atoms with Gasteiger partial charge >= 0.3 is 5.97 Å². The van der Waals surface area contributed by atoms with Gasteiger partial charge in [-0.1, -0.05) is 6.92 Å². The van der Waals surface area contributed by atoms with E-state index in [1.165, 1.54) is 39.2 Å². The van der Waals surface area contributed by atoms with Gasteiger partial charge in [0.2, 0.25) is 0 Å². The SMILES string of the molecule is CCCN(CCC(NC1CC1)C(=O)OC)C1CC1. The smallest absolute Gasteiger partial charge is 0.322 e. The molecule has 0 spiro atoms. The summed E-state index contributed by atoms with van der Waals surface area (Å²) in [6, 6.07) is 1.22. The van der Waals surface area contributed by atoms with Crippen LogP contribution in [0.2, 0.25) is 0 Å². The van der Waals surface area contributed by atoms with Crippen LogP contribution >= 0.6 is 0 Å². The highest BCUT2D eigenvalue weighted by atomic mass is 16.5. The average molecular weight is 254 g/mol. The predicted octanol–water partition coefficient (Wildman–Crippen LogP) is 1.54. The Balaban J connectivity index is 1.76. The lowest BCUT2D eigenvalue weighted by Crippen LogP contribution is -2.42. The van der Waals surface area contributed by atoms with E-state index in [4.69, 9.17) is 4.74 Å². The number of methoxy groups -OCH3 is 1. The van der Waals surface area contributed by atoms with Crippen molar-refractivity contribution in [1.82, 2.24) is 10.2 Å². The van der Waals surface area contributed by atoms with Crippen LogP contribution in [0.5, 0.6) is 0 Å². The van der Waals surface area contributed by atoms with Crippen LogP contribution in [0, 0.1) is 0 Å². The molecule has 0 aliphatic heterocycles. The van der Waals surface area contributed by atoms with Crippen molar-refractivity contribution in [3.63, 3.8) is 0 Å². The van der Waals surface area contributed by atoms with Crippen LogP contribution in [0.4, 0.5) is 0 Å². The van der Waals surface area contributed by atoms with Crippen LogP contribution < -0.4 is 5.32 Å². The van der Waals surface area contributed by atoms with E-state index in [1.807, 2.05) is 0 Å². The molecule has 0 amide bonds. The number of carbonyl (C=O) groups is 1. The van der Waals surface area contributed by atoms with Crippen molar-refractivity contribution in [2.75, 3.05) is 20.2 Å². The molecule has 18 heavy (non-hydrogen) atoms. The molecule has 0 heterocycles. The lowest BCUT2D eigenvalue weighted by molar-refractivity contribution is -0.143. The number of rotatable bonds is 9.